The molecule has 0 amide bonds. The molecule has 0 aromatic heterocycles. The zero-order chi connectivity index (χ0) is 14.8. The Hall–Kier alpha value is -1.06. The first kappa shape index (κ1) is 14.9. The van der Waals surface area contributed by atoms with Crippen LogP contribution in [0.3, 0.4) is 0 Å². The summed E-state index contributed by atoms with van der Waals surface area (Å²) in [7, 11) is 1.75. The molecule has 1 heterocycles. The van der Waals surface area contributed by atoms with Gasteiger partial charge in [-0.15, -0.1) is 0 Å². The summed E-state index contributed by atoms with van der Waals surface area (Å²) in [4.78, 5) is 2.72. The molecule has 1 saturated heterocycles. The Kier molecular flexibility index (Phi) is 4.51. The molecule has 3 unspecified atom stereocenters. The minimum atomic E-state index is 0.545. The van der Waals surface area contributed by atoms with Crippen molar-refractivity contribution >= 4 is 0 Å². The van der Waals surface area contributed by atoms with Crippen molar-refractivity contribution in [2.24, 2.45) is 5.73 Å². The van der Waals surface area contributed by atoms with Crippen LogP contribution in [-0.2, 0) is 6.42 Å². The number of ether oxygens (including phenoxy) is 1. The molecule has 21 heavy (non-hydrogen) atoms. The van der Waals surface area contributed by atoms with Gasteiger partial charge in [0.05, 0.1) is 7.11 Å². The van der Waals surface area contributed by atoms with Crippen molar-refractivity contribution in [1.82, 2.24) is 4.90 Å². The Morgan fingerprint density at radius 3 is 2.86 bits per heavy atom. The van der Waals surface area contributed by atoms with Crippen LogP contribution in [0, 0.1) is 0 Å². The second-order valence-corrected chi connectivity index (χ2v) is 6.59. The van der Waals surface area contributed by atoms with Gasteiger partial charge in [0.15, 0.2) is 0 Å². The molecule has 1 aliphatic heterocycles. The highest BCUT2D eigenvalue weighted by Crippen LogP contribution is 2.40. The molecule has 1 aromatic carbocycles. The van der Waals surface area contributed by atoms with Gasteiger partial charge in [-0.3, -0.25) is 4.90 Å². The standard InChI is InChI=1S/C18H28N2O/c1-13-5-3-7-15(12-19)20(13)18-8-4-6-14-11-16(21-2)9-10-17(14)18/h9-11,13,15,18H,3-8,12,19H2,1-2H3. The second-order valence-electron chi connectivity index (χ2n) is 6.59. The zero-order valence-electron chi connectivity index (χ0n) is 13.3. The zero-order valence-corrected chi connectivity index (χ0v) is 13.3. The van der Waals surface area contributed by atoms with Gasteiger partial charge >= 0.3 is 0 Å². The number of hydrogen-bond donors (Lipinski definition) is 1. The van der Waals surface area contributed by atoms with E-state index in [-0.39, 0.29) is 0 Å². The van der Waals surface area contributed by atoms with E-state index in [9.17, 15) is 0 Å². The predicted octanol–water partition coefficient (Wildman–Crippen LogP) is 3.27. The summed E-state index contributed by atoms with van der Waals surface area (Å²) in [5, 5.41) is 0. The van der Waals surface area contributed by atoms with E-state index in [4.69, 9.17) is 10.5 Å². The van der Waals surface area contributed by atoms with E-state index in [1.54, 1.807) is 7.11 Å². The number of piperidine rings is 1. The highest BCUT2D eigenvalue weighted by Gasteiger charge is 2.35. The van der Waals surface area contributed by atoms with Crippen LogP contribution in [-0.4, -0.2) is 30.6 Å². The first-order chi connectivity index (χ1) is 10.2. The van der Waals surface area contributed by atoms with Crippen LogP contribution >= 0.6 is 0 Å². The van der Waals surface area contributed by atoms with Crippen LogP contribution in [0.15, 0.2) is 18.2 Å². The van der Waals surface area contributed by atoms with Crippen LogP contribution < -0.4 is 10.5 Å². The topological polar surface area (TPSA) is 38.5 Å². The average Bonchev–Trinajstić information content (AvgIpc) is 2.53. The van der Waals surface area contributed by atoms with Crippen molar-refractivity contribution < 1.29 is 4.74 Å². The molecule has 3 atom stereocenters. The van der Waals surface area contributed by atoms with Crippen molar-refractivity contribution in [3.63, 3.8) is 0 Å². The highest BCUT2D eigenvalue weighted by atomic mass is 16.5. The number of hydrogen-bond acceptors (Lipinski definition) is 3. The summed E-state index contributed by atoms with van der Waals surface area (Å²) >= 11 is 0. The van der Waals surface area contributed by atoms with E-state index in [1.165, 1.54) is 49.7 Å². The van der Waals surface area contributed by atoms with E-state index in [0.717, 1.165) is 12.3 Å². The van der Waals surface area contributed by atoms with E-state index < -0.39 is 0 Å². The molecular formula is C18H28N2O. The Balaban J connectivity index is 1.93. The third-order valence-corrected chi connectivity index (χ3v) is 5.35. The van der Waals surface area contributed by atoms with Crippen molar-refractivity contribution in [2.45, 2.75) is 63.6 Å². The minimum Gasteiger partial charge on any atom is -0.497 e. The maximum absolute atomic E-state index is 6.07. The Morgan fingerprint density at radius 1 is 1.24 bits per heavy atom. The molecule has 3 nitrogen and oxygen atoms in total. The second kappa shape index (κ2) is 6.37. The van der Waals surface area contributed by atoms with Gasteiger partial charge in [-0.25, -0.2) is 0 Å². The van der Waals surface area contributed by atoms with E-state index in [0.29, 0.717) is 18.1 Å². The van der Waals surface area contributed by atoms with Crippen LogP contribution in [0.25, 0.3) is 0 Å². The molecule has 1 aromatic rings. The van der Waals surface area contributed by atoms with E-state index in [1.807, 2.05) is 0 Å². The molecule has 1 aliphatic carbocycles. The van der Waals surface area contributed by atoms with Crippen molar-refractivity contribution in [2.75, 3.05) is 13.7 Å². The number of rotatable bonds is 3. The quantitative estimate of drug-likeness (QED) is 0.927. The number of methoxy groups -OCH3 is 1. The largest absolute Gasteiger partial charge is 0.497 e. The Labute approximate surface area is 128 Å². The number of benzene rings is 1. The maximum Gasteiger partial charge on any atom is 0.119 e. The number of nitrogens with zero attached hydrogens (tertiary/aromatic N) is 1. The van der Waals surface area contributed by atoms with Crippen LogP contribution in [0.2, 0.25) is 0 Å². The number of fused-ring (bicyclic) bond motifs is 1. The van der Waals surface area contributed by atoms with E-state index in [2.05, 4.69) is 30.0 Å². The van der Waals surface area contributed by atoms with E-state index >= 15 is 0 Å². The molecular weight excluding hydrogens is 260 g/mol. The molecule has 2 N–H and O–H groups in total. The van der Waals surface area contributed by atoms with Crippen molar-refractivity contribution in [1.29, 1.82) is 0 Å². The molecule has 3 rings (SSSR count). The lowest BCUT2D eigenvalue weighted by Crippen LogP contribution is -2.51. The normalized spacial score (nSPS) is 30.0. The molecule has 0 spiro atoms. The molecule has 116 valence electrons. The molecule has 3 heteroatoms. The first-order valence-electron chi connectivity index (χ1n) is 8.39. The smallest absolute Gasteiger partial charge is 0.119 e. The van der Waals surface area contributed by atoms with Gasteiger partial charge in [-0.2, -0.15) is 0 Å². The summed E-state index contributed by atoms with van der Waals surface area (Å²) in [6.07, 6.45) is 7.59. The SMILES string of the molecule is COc1ccc2c(c1)CCCC2N1C(C)CCCC1CN. The molecule has 0 radical (unpaired) electrons. The fourth-order valence-corrected chi connectivity index (χ4v) is 4.31. The number of aryl methyl sites for hydroxylation is 1. The number of nitrogens with two attached hydrogens (primary N) is 1. The summed E-state index contributed by atoms with van der Waals surface area (Å²) in [6, 6.07) is 8.37. The fraction of sp³-hybridized carbons (Fsp3) is 0.667. The van der Waals surface area contributed by atoms with Crippen molar-refractivity contribution in [3.05, 3.63) is 29.3 Å². The minimum absolute atomic E-state index is 0.545. The van der Waals surface area contributed by atoms with Crippen LogP contribution in [0.1, 0.15) is 56.2 Å². The van der Waals surface area contributed by atoms with Gasteiger partial charge in [-0.1, -0.05) is 12.5 Å². The molecule has 1 fully saturated rings. The predicted molar refractivity (Wildman–Crippen MR) is 86.7 cm³/mol. The lowest BCUT2D eigenvalue weighted by molar-refractivity contribution is 0.0412. The van der Waals surface area contributed by atoms with Crippen LogP contribution in [0.4, 0.5) is 0 Å². The van der Waals surface area contributed by atoms with Gasteiger partial charge in [0.25, 0.3) is 0 Å². The molecule has 2 aliphatic rings. The average molecular weight is 288 g/mol. The Bertz CT molecular complexity index is 488. The van der Waals surface area contributed by atoms with Gasteiger partial charge in [0.1, 0.15) is 5.75 Å². The number of likely N-dealkylation sites (tertiary alicyclic amines) is 1. The summed E-state index contributed by atoms with van der Waals surface area (Å²) in [5.41, 5.74) is 9.05. The highest BCUT2D eigenvalue weighted by molar-refractivity contribution is 5.39. The third kappa shape index (κ3) is 2.82. The molecule has 0 bridgehead atoms. The van der Waals surface area contributed by atoms with Gasteiger partial charge in [-0.05, 0) is 62.3 Å². The van der Waals surface area contributed by atoms with Crippen LogP contribution in [0.5, 0.6) is 5.75 Å². The van der Waals surface area contributed by atoms with Gasteiger partial charge in [0.2, 0.25) is 0 Å². The maximum atomic E-state index is 6.07. The lowest BCUT2D eigenvalue weighted by Gasteiger charge is -2.47. The van der Waals surface area contributed by atoms with Crippen molar-refractivity contribution in [3.8, 4) is 5.75 Å². The first-order valence-corrected chi connectivity index (χ1v) is 8.39. The third-order valence-electron chi connectivity index (χ3n) is 5.35. The lowest BCUT2D eigenvalue weighted by atomic mass is 9.83. The fourth-order valence-electron chi connectivity index (χ4n) is 4.31. The summed E-state index contributed by atoms with van der Waals surface area (Å²) < 4.78 is 5.39. The molecule has 0 saturated carbocycles. The monoisotopic (exact) mass is 288 g/mol. The summed E-state index contributed by atoms with van der Waals surface area (Å²) in [5.74, 6) is 0.983. The Morgan fingerprint density at radius 2 is 2.10 bits per heavy atom. The van der Waals surface area contributed by atoms with Gasteiger partial charge < -0.3 is 10.5 Å². The van der Waals surface area contributed by atoms with Gasteiger partial charge in [0, 0.05) is 24.7 Å². The summed E-state index contributed by atoms with van der Waals surface area (Å²) in [6.45, 7) is 3.16.